The molecule has 0 unspecified atom stereocenters. The molecule has 2 aliphatic rings. The lowest BCUT2D eigenvalue weighted by atomic mass is 9.97. The third-order valence-electron chi connectivity index (χ3n) is 5.39. The SMILES string of the molecule is Cc1cc(C)n(-c2nc(N3CCCC3)c3c4c(sc3n2)CCCC4)n1. The highest BCUT2D eigenvalue weighted by molar-refractivity contribution is 7.19. The van der Waals surface area contributed by atoms with Gasteiger partial charge in [0.25, 0.3) is 5.95 Å². The Kier molecular flexibility index (Phi) is 3.55. The van der Waals surface area contributed by atoms with E-state index in [4.69, 9.17) is 9.97 Å². The lowest BCUT2D eigenvalue weighted by Gasteiger charge is -2.20. The lowest BCUT2D eigenvalue weighted by Crippen LogP contribution is -2.21. The third kappa shape index (κ3) is 2.46. The Morgan fingerprint density at radius 3 is 2.56 bits per heavy atom. The molecular formula is C19H23N5S. The Labute approximate surface area is 151 Å². The summed E-state index contributed by atoms with van der Waals surface area (Å²) in [6.45, 7) is 6.30. The molecule has 0 saturated carbocycles. The molecule has 1 aliphatic carbocycles. The van der Waals surface area contributed by atoms with Gasteiger partial charge in [0.15, 0.2) is 0 Å². The molecule has 0 bridgehead atoms. The summed E-state index contributed by atoms with van der Waals surface area (Å²) >= 11 is 1.88. The standard InChI is InChI=1S/C19H23N5S/c1-12-11-13(2)24(22-12)19-20-17(23-9-5-6-10-23)16-14-7-3-4-8-15(14)25-18(16)21-19/h11H,3-10H2,1-2H3. The smallest absolute Gasteiger partial charge is 0.254 e. The molecule has 1 aliphatic heterocycles. The molecule has 6 heteroatoms. The zero-order chi connectivity index (χ0) is 17.0. The maximum absolute atomic E-state index is 5.03. The molecule has 0 N–H and O–H groups in total. The van der Waals surface area contributed by atoms with Crippen molar-refractivity contribution in [3.8, 4) is 5.95 Å². The predicted molar refractivity (Wildman–Crippen MR) is 102 cm³/mol. The second-order valence-corrected chi connectivity index (χ2v) is 8.35. The normalized spacial score (nSPS) is 17.4. The van der Waals surface area contributed by atoms with Crippen LogP contribution in [0.4, 0.5) is 5.82 Å². The Morgan fingerprint density at radius 2 is 1.80 bits per heavy atom. The van der Waals surface area contributed by atoms with Gasteiger partial charge in [0.2, 0.25) is 0 Å². The van der Waals surface area contributed by atoms with Gasteiger partial charge in [0, 0.05) is 23.7 Å². The van der Waals surface area contributed by atoms with Crippen LogP contribution in [0.1, 0.15) is 47.5 Å². The van der Waals surface area contributed by atoms with Crippen LogP contribution >= 0.6 is 11.3 Å². The van der Waals surface area contributed by atoms with E-state index in [0.29, 0.717) is 0 Å². The maximum Gasteiger partial charge on any atom is 0.254 e. The molecule has 5 rings (SSSR count). The molecule has 0 amide bonds. The van der Waals surface area contributed by atoms with Crippen LogP contribution in [0.3, 0.4) is 0 Å². The highest BCUT2D eigenvalue weighted by atomic mass is 32.1. The zero-order valence-corrected chi connectivity index (χ0v) is 15.7. The van der Waals surface area contributed by atoms with Crippen molar-refractivity contribution in [2.75, 3.05) is 18.0 Å². The van der Waals surface area contributed by atoms with Gasteiger partial charge in [0.05, 0.1) is 11.1 Å². The van der Waals surface area contributed by atoms with E-state index < -0.39 is 0 Å². The van der Waals surface area contributed by atoms with Crippen molar-refractivity contribution in [2.45, 2.75) is 52.4 Å². The van der Waals surface area contributed by atoms with Crippen LogP contribution < -0.4 is 4.90 Å². The number of aryl methyl sites for hydroxylation is 4. The minimum absolute atomic E-state index is 0.721. The molecule has 0 radical (unpaired) electrons. The van der Waals surface area contributed by atoms with Crippen molar-refractivity contribution in [2.24, 2.45) is 0 Å². The second kappa shape index (κ2) is 5.80. The Bertz CT molecular complexity index is 949. The van der Waals surface area contributed by atoms with E-state index in [9.17, 15) is 0 Å². The number of hydrogen-bond donors (Lipinski definition) is 0. The quantitative estimate of drug-likeness (QED) is 0.699. The Hall–Kier alpha value is -1.95. The number of hydrogen-bond acceptors (Lipinski definition) is 5. The summed E-state index contributed by atoms with van der Waals surface area (Å²) in [7, 11) is 0. The van der Waals surface area contributed by atoms with Crippen molar-refractivity contribution >= 4 is 27.4 Å². The number of rotatable bonds is 2. The summed E-state index contributed by atoms with van der Waals surface area (Å²) in [5.74, 6) is 1.86. The highest BCUT2D eigenvalue weighted by Crippen LogP contribution is 2.40. The van der Waals surface area contributed by atoms with Crippen molar-refractivity contribution < 1.29 is 0 Å². The van der Waals surface area contributed by atoms with Crippen LogP contribution in [0.2, 0.25) is 0 Å². The summed E-state index contributed by atoms with van der Waals surface area (Å²) in [4.78, 5) is 15.1. The second-order valence-electron chi connectivity index (χ2n) is 7.27. The van der Waals surface area contributed by atoms with Gasteiger partial charge in [-0.15, -0.1) is 11.3 Å². The van der Waals surface area contributed by atoms with Crippen LogP contribution in [0.15, 0.2) is 6.07 Å². The van der Waals surface area contributed by atoms with Crippen LogP contribution in [0.25, 0.3) is 16.2 Å². The number of fused-ring (bicyclic) bond motifs is 3. The molecule has 1 fully saturated rings. The van der Waals surface area contributed by atoms with E-state index in [1.54, 1.807) is 0 Å². The maximum atomic E-state index is 5.03. The first kappa shape index (κ1) is 15.3. The van der Waals surface area contributed by atoms with Crippen molar-refractivity contribution in [1.82, 2.24) is 19.7 Å². The number of anilines is 1. The monoisotopic (exact) mass is 353 g/mol. The molecule has 0 atom stereocenters. The molecule has 4 heterocycles. The van der Waals surface area contributed by atoms with E-state index in [-0.39, 0.29) is 0 Å². The molecule has 1 saturated heterocycles. The molecule has 130 valence electrons. The van der Waals surface area contributed by atoms with Crippen LogP contribution in [0.5, 0.6) is 0 Å². The van der Waals surface area contributed by atoms with E-state index in [2.05, 4.69) is 23.0 Å². The fraction of sp³-hybridized carbons (Fsp3) is 0.526. The van der Waals surface area contributed by atoms with Gasteiger partial charge >= 0.3 is 0 Å². The average molecular weight is 353 g/mol. The highest BCUT2D eigenvalue weighted by Gasteiger charge is 2.26. The number of thiophene rings is 1. The molecular weight excluding hydrogens is 330 g/mol. The first-order chi connectivity index (χ1) is 12.2. The number of aromatic nitrogens is 4. The van der Waals surface area contributed by atoms with Gasteiger partial charge in [-0.3, -0.25) is 0 Å². The first-order valence-corrected chi connectivity index (χ1v) is 10.1. The fourth-order valence-electron chi connectivity index (χ4n) is 4.21. The average Bonchev–Trinajstić information content (AvgIpc) is 3.32. The lowest BCUT2D eigenvalue weighted by molar-refractivity contribution is 0.700. The summed E-state index contributed by atoms with van der Waals surface area (Å²) in [5.41, 5.74) is 3.62. The third-order valence-corrected chi connectivity index (χ3v) is 6.57. The van der Waals surface area contributed by atoms with Crippen molar-refractivity contribution in [1.29, 1.82) is 0 Å². The van der Waals surface area contributed by atoms with Crippen LogP contribution in [-0.4, -0.2) is 32.8 Å². The van der Waals surface area contributed by atoms with Gasteiger partial charge in [-0.2, -0.15) is 15.1 Å². The van der Waals surface area contributed by atoms with Gasteiger partial charge < -0.3 is 4.90 Å². The summed E-state index contributed by atoms with van der Waals surface area (Å²) in [6, 6.07) is 2.09. The largest absolute Gasteiger partial charge is 0.356 e. The van der Waals surface area contributed by atoms with E-state index >= 15 is 0 Å². The fourth-order valence-corrected chi connectivity index (χ4v) is 5.46. The molecule has 3 aromatic heterocycles. The predicted octanol–water partition coefficient (Wildman–Crippen LogP) is 3.97. The van der Waals surface area contributed by atoms with Crippen LogP contribution in [-0.2, 0) is 12.8 Å². The molecule has 3 aromatic rings. The molecule has 0 spiro atoms. The molecule has 0 aromatic carbocycles. The molecule has 25 heavy (non-hydrogen) atoms. The van der Waals surface area contributed by atoms with Gasteiger partial charge in [-0.25, -0.2) is 4.68 Å². The minimum Gasteiger partial charge on any atom is -0.356 e. The van der Waals surface area contributed by atoms with E-state index in [1.807, 2.05) is 22.9 Å². The summed E-state index contributed by atoms with van der Waals surface area (Å²) in [6.07, 6.45) is 7.48. The Balaban J connectivity index is 1.76. The van der Waals surface area contributed by atoms with Crippen LogP contribution in [0, 0.1) is 13.8 Å². The first-order valence-electron chi connectivity index (χ1n) is 9.31. The van der Waals surface area contributed by atoms with E-state index in [0.717, 1.165) is 41.1 Å². The van der Waals surface area contributed by atoms with Crippen molar-refractivity contribution in [3.05, 3.63) is 27.9 Å². The molecule has 5 nitrogen and oxygen atoms in total. The topological polar surface area (TPSA) is 46.8 Å². The van der Waals surface area contributed by atoms with Crippen molar-refractivity contribution in [3.63, 3.8) is 0 Å². The van der Waals surface area contributed by atoms with E-state index in [1.165, 1.54) is 54.4 Å². The number of nitrogens with zero attached hydrogens (tertiary/aromatic N) is 5. The summed E-state index contributed by atoms with van der Waals surface area (Å²) in [5, 5.41) is 5.94. The summed E-state index contributed by atoms with van der Waals surface area (Å²) < 4.78 is 1.90. The van der Waals surface area contributed by atoms with Gasteiger partial charge in [0.1, 0.15) is 10.6 Å². The Morgan fingerprint density at radius 1 is 1.00 bits per heavy atom. The zero-order valence-electron chi connectivity index (χ0n) is 14.9. The van der Waals surface area contributed by atoms with Gasteiger partial charge in [-0.05, 0) is 64.0 Å². The minimum atomic E-state index is 0.721. The van der Waals surface area contributed by atoms with Gasteiger partial charge in [-0.1, -0.05) is 0 Å².